The highest BCUT2D eigenvalue weighted by atomic mass is 19.1. The quantitative estimate of drug-likeness (QED) is 0.467. The highest BCUT2D eigenvalue weighted by Crippen LogP contribution is 2.30. The van der Waals surface area contributed by atoms with Crippen LogP contribution in [0.1, 0.15) is 45.0 Å². The van der Waals surface area contributed by atoms with Crippen LogP contribution in [-0.2, 0) is 5.41 Å². The fraction of sp³-hybridized carbons (Fsp3) is 0.273. The number of benzene rings is 2. The molecule has 1 atom stereocenters. The Morgan fingerprint density at radius 1 is 1.07 bits per heavy atom. The molecule has 0 aliphatic heterocycles. The van der Waals surface area contributed by atoms with Crippen LogP contribution in [0.15, 0.2) is 48.8 Å². The van der Waals surface area contributed by atoms with E-state index in [-0.39, 0.29) is 17.3 Å². The number of rotatable bonds is 4. The molecule has 5 nitrogen and oxygen atoms in total. The highest BCUT2D eigenvalue weighted by Gasteiger charge is 2.18. The summed E-state index contributed by atoms with van der Waals surface area (Å²) in [7, 11) is 0. The molecular weight excluding hydrogens is 372 g/mol. The Morgan fingerprint density at radius 2 is 1.79 bits per heavy atom. The summed E-state index contributed by atoms with van der Waals surface area (Å²) in [6, 6.07) is 11.3. The van der Waals surface area contributed by atoms with E-state index in [9.17, 15) is 8.78 Å². The van der Waals surface area contributed by atoms with Crippen molar-refractivity contribution in [3.63, 3.8) is 0 Å². The van der Waals surface area contributed by atoms with Gasteiger partial charge < -0.3 is 9.88 Å². The molecule has 2 aromatic heterocycles. The van der Waals surface area contributed by atoms with Gasteiger partial charge in [-0.15, -0.1) is 0 Å². The molecule has 0 radical (unpaired) electrons. The van der Waals surface area contributed by atoms with Crippen molar-refractivity contribution in [2.45, 2.75) is 39.2 Å². The topological polar surface area (TPSA) is 58.5 Å². The molecule has 0 fully saturated rings. The number of H-pyrrole nitrogens is 1. The Hall–Kier alpha value is -3.22. The summed E-state index contributed by atoms with van der Waals surface area (Å²) in [5, 5.41) is 10.3. The van der Waals surface area contributed by atoms with E-state index in [0.717, 1.165) is 16.8 Å². The van der Waals surface area contributed by atoms with E-state index in [0.29, 0.717) is 17.0 Å². The predicted octanol–water partition coefficient (Wildman–Crippen LogP) is 5.69. The van der Waals surface area contributed by atoms with Crippen molar-refractivity contribution >= 4 is 22.5 Å². The van der Waals surface area contributed by atoms with Gasteiger partial charge in [-0.2, -0.15) is 5.10 Å². The first kappa shape index (κ1) is 19.1. The lowest BCUT2D eigenvalue weighted by molar-refractivity contribution is 0.567. The van der Waals surface area contributed by atoms with Crippen LogP contribution < -0.4 is 5.32 Å². The summed E-state index contributed by atoms with van der Waals surface area (Å²) in [4.78, 5) is 4.33. The summed E-state index contributed by atoms with van der Waals surface area (Å²) >= 11 is 0. The molecule has 0 saturated carbocycles. The van der Waals surface area contributed by atoms with Gasteiger partial charge in [0.1, 0.15) is 11.6 Å². The van der Waals surface area contributed by atoms with Gasteiger partial charge in [0.2, 0.25) is 0 Å². The van der Waals surface area contributed by atoms with E-state index in [2.05, 4.69) is 41.3 Å². The zero-order valence-corrected chi connectivity index (χ0v) is 16.8. The Bertz CT molecular complexity index is 1150. The van der Waals surface area contributed by atoms with Crippen molar-refractivity contribution in [3.8, 4) is 0 Å². The Morgan fingerprint density at radius 3 is 2.45 bits per heavy atom. The van der Waals surface area contributed by atoms with Crippen molar-refractivity contribution in [1.82, 2.24) is 19.7 Å². The molecule has 150 valence electrons. The van der Waals surface area contributed by atoms with E-state index in [1.807, 2.05) is 17.6 Å². The van der Waals surface area contributed by atoms with Gasteiger partial charge in [-0.1, -0.05) is 32.9 Å². The number of hydrogen-bond donors (Lipinski definition) is 2. The van der Waals surface area contributed by atoms with Gasteiger partial charge in [-0.25, -0.2) is 13.8 Å². The smallest absolute Gasteiger partial charge is 0.152 e. The first-order valence-electron chi connectivity index (χ1n) is 9.47. The second kappa shape index (κ2) is 6.99. The second-order valence-corrected chi connectivity index (χ2v) is 8.24. The van der Waals surface area contributed by atoms with Crippen LogP contribution in [0.2, 0.25) is 0 Å². The Balaban J connectivity index is 1.69. The van der Waals surface area contributed by atoms with Crippen LogP contribution >= 0.6 is 0 Å². The molecular formula is C22H23F2N5. The van der Waals surface area contributed by atoms with Crippen LogP contribution in [0.4, 0.5) is 20.3 Å². The average Bonchev–Trinajstić information content (AvgIpc) is 3.29. The maximum absolute atomic E-state index is 14.6. The number of hydrogen-bond acceptors (Lipinski definition) is 3. The van der Waals surface area contributed by atoms with Crippen molar-refractivity contribution in [3.05, 3.63) is 71.7 Å². The maximum atomic E-state index is 14.6. The molecule has 4 aromatic rings. The molecule has 0 aliphatic rings. The number of nitrogens with one attached hydrogen (secondary N) is 2. The van der Waals surface area contributed by atoms with Crippen molar-refractivity contribution < 1.29 is 8.78 Å². The number of aromatic nitrogens is 4. The first-order valence-corrected chi connectivity index (χ1v) is 9.47. The summed E-state index contributed by atoms with van der Waals surface area (Å²) < 4.78 is 29.8. The number of imidazole rings is 1. The molecule has 0 aliphatic carbocycles. The number of halogens is 2. The highest BCUT2D eigenvalue weighted by molar-refractivity contribution is 5.81. The third-order valence-electron chi connectivity index (χ3n) is 5.08. The molecule has 29 heavy (non-hydrogen) atoms. The third kappa shape index (κ3) is 3.72. The first-order chi connectivity index (χ1) is 13.7. The maximum Gasteiger partial charge on any atom is 0.152 e. The van der Waals surface area contributed by atoms with Gasteiger partial charge in [0.15, 0.2) is 5.82 Å². The molecule has 2 aromatic carbocycles. The number of nitrogens with zero attached hydrogens (tertiary/aromatic N) is 3. The lowest BCUT2D eigenvalue weighted by atomic mass is 9.92. The monoisotopic (exact) mass is 395 g/mol. The molecule has 2 N–H and O–H groups in total. The zero-order valence-electron chi connectivity index (χ0n) is 16.8. The Labute approximate surface area is 167 Å². The number of fused-ring (bicyclic) bond motifs is 1. The van der Waals surface area contributed by atoms with Crippen molar-refractivity contribution in [2.24, 2.45) is 0 Å². The van der Waals surface area contributed by atoms with E-state index in [4.69, 9.17) is 0 Å². The Kier molecular flexibility index (Phi) is 4.61. The van der Waals surface area contributed by atoms with E-state index >= 15 is 0 Å². The van der Waals surface area contributed by atoms with E-state index < -0.39 is 5.82 Å². The zero-order chi connectivity index (χ0) is 20.8. The molecule has 0 bridgehead atoms. The van der Waals surface area contributed by atoms with Gasteiger partial charge in [-0.3, -0.25) is 5.10 Å². The van der Waals surface area contributed by atoms with Gasteiger partial charge in [0.25, 0.3) is 0 Å². The van der Waals surface area contributed by atoms with E-state index in [1.165, 1.54) is 18.2 Å². The van der Waals surface area contributed by atoms with Gasteiger partial charge in [-0.05, 0) is 30.7 Å². The molecule has 4 rings (SSSR count). The largest absolute Gasteiger partial charge is 0.336 e. The van der Waals surface area contributed by atoms with Crippen LogP contribution in [0.5, 0.6) is 0 Å². The lowest BCUT2D eigenvalue weighted by Crippen LogP contribution is -2.11. The molecule has 0 amide bonds. The fourth-order valence-corrected chi connectivity index (χ4v) is 3.26. The molecule has 0 spiro atoms. The average molecular weight is 395 g/mol. The molecule has 2 heterocycles. The summed E-state index contributed by atoms with van der Waals surface area (Å²) in [6.07, 6.45) is 1.67. The molecule has 0 saturated heterocycles. The minimum Gasteiger partial charge on any atom is -0.336 e. The fourth-order valence-electron chi connectivity index (χ4n) is 3.26. The summed E-state index contributed by atoms with van der Waals surface area (Å²) in [5.41, 5.74) is 3.45. The summed E-state index contributed by atoms with van der Waals surface area (Å²) in [6.45, 7) is 8.22. The van der Waals surface area contributed by atoms with Crippen molar-refractivity contribution in [1.29, 1.82) is 0 Å². The minimum atomic E-state index is -0.405. The summed E-state index contributed by atoms with van der Waals surface area (Å²) in [5.74, 6) is -0.137. The van der Waals surface area contributed by atoms with Crippen LogP contribution in [0.25, 0.3) is 11.0 Å². The SMILES string of the molecule is CC(c1ccc(F)cc1)n1cnc2cc(F)c(Nc3cc(C(C)(C)C)[nH]n3)cc21. The molecule has 1 unspecified atom stereocenters. The van der Waals surface area contributed by atoms with Crippen LogP contribution in [0, 0.1) is 11.6 Å². The third-order valence-corrected chi connectivity index (χ3v) is 5.08. The number of anilines is 2. The van der Waals surface area contributed by atoms with Crippen LogP contribution in [0.3, 0.4) is 0 Å². The van der Waals surface area contributed by atoms with Crippen LogP contribution in [-0.4, -0.2) is 19.7 Å². The van der Waals surface area contributed by atoms with Gasteiger partial charge >= 0.3 is 0 Å². The van der Waals surface area contributed by atoms with Gasteiger partial charge in [0.05, 0.1) is 29.1 Å². The predicted molar refractivity (Wildman–Crippen MR) is 110 cm³/mol. The lowest BCUT2D eigenvalue weighted by Gasteiger charge is -2.16. The van der Waals surface area contributed by atoms with Gasteiger partial charge in [0, 0.05) is 23.2 Å². The molecule has 7 heteroatoms. The van der Waals surface area contributed by atoms with Crippen molar-refractivity contribution in [2.75, 3.05) is 5.32 Å². The normalized spacial score (nSPS) is 13.0. The second-order valence-electron chi connectivity index (χ2n) is 8.24. The van der Waals surface area contributed by atoms with E-state index in [1.54, 1.807) is 24.5 Å². The minimum absolute atomic E-state index is 0.0847. The number of aromatic amines is 1. The standard InChI is InChI=1S/C22H23F2N5/c1-13(14-5-7-15(23)8-6-14)29-12-25-18-9-16(24)17(10-19(18)29)26-21-11-20(27-28-21)22(2,3)4/h5-13H,1-4H3,(H2,26,27,28).